The lowest BCUT2D eigenvalue weighted by Crippen LogP contribution is -2.14. The number of nitriles is 1. The molecule has 1 aromatic rings. The van der Waals surface area contributed by atoms with E-state index >= 15 is 0 Å². The van der Waals surface area contributed by atoms with Crippen molar-refractivity contribution in [2.75, 3.05) is 5.32 Å². The summed E-state index contributed by atoms with van der Waals surface area (Å²) in [6, 6.07) is 6.90. The Morgan fingerprint density at radius 3 is 2.71 bits per heavy atom. The number of nitrogens with zero attached hydrogens (tertiary/aromatic N) is 2. The van der Waals surface area contributed by atoms with Gasteiger partial charge in [0.15, 0.2) is 0 Å². The first kappa shape index (κ1) is 11.4. The third kappa shape index (κ3) is 2.53. The van der Waals surface area contributed by atoms with Crippen molar-refractivity contribution in [1.29, 1.82) is 5.26 Å². The topological polar surface area (TPSA) is 79.0 Å². The highest BCUT2D eigenvalue weighted by Gasteiger charge is 2.18. The van der Waals surface area contributed by atoms with Gasteiger partial charge in [0, 0.05) is 17.8 Å². The SMILES string of the molecule is N#Cc1ccc(NC2CCCC2)cc1[N+](=O)[O-]. The lowest BCUT2D eigenvalue weighted by Gasteiger charge is -2.13. The molecule has 2 rings (SSSR count). The maximum Gasteiger partial charge on any atom is 0.289 e. The normalized spacial score (nSPS) is 15.5. The largest absolute Gasteiger partial charge is 0.382 e. The van der Waals surface area contributed by atoms with E-state index in [2.05, 4.69) is 5.32 Å². The molecule has 0 spiro atoms. The third-order valence-electron chi connectivity index (χ3n) is 3.04. The Morgan fingerprint density at radius 1 is 1.41 bits per heavy atom. The molecule has 1 fully saturated rings. The molecule has 0 aliphatic heterocycles. The van der Waals surface area contributed by atoms with Gasteiger partial charge < -0.3 is 5.32 Å². The first-order valence-corrected chi connectivity index (χ1v) is 5.66. The van der Waals surface area contributed by atoms with Crippen LogP contribution in [0.4, 0.5) is 11.4 Å². The van der Waals surface area contributed by atoms with E-state index in [0.717, 1.165) is 18.5 Å². The van der Waals surface area contributed by atoms with Crippen LogP contribution >= 0.6 is 0 Å². The first-order chi connectivity index (χ1) is 8.20. The van der Waals surface area contributed by atoms with Gasteiger partial charge in [0.05, 0.1) is 4.92 Å². The van der Waals surface area contributed by atoms with E-state index in [0.29, 0.717) is 6.04 Å². The molecule has 0 bridgehead atoms. The van der Waals surface area contributed by atoms with Gasteiger partial charge in [-0.1, -0.05) is 12.8 Å². The van der Waals surface area contributed by atoms with Crippen LogP contribution in [0.5, 0.6) is 0 Å². The van der Waals surface area contributed by atoms with Crippen molar-refractivity contribution >= 4 is 11.4 Å². The minimum absolute atomic E-state index is 0.104. The van der Waals surface area contributed by atoms with Gasteiger partial charge in [0.1, 0.15) is 11.6 Å². The lowest BCUT2D eigenvalue weighted by atomic mass is 10.1. The minimum Gasteiger partial charge on any atom is -0.382 e. The number of hydrogen-bond donors (Lipinski definition) is 1. The summed E-state index contributed by atoms with van der Waals surface area (Å²) in [6.45, 7) is 0. The Bertz CT molecular complexity index is 473. The van der Waals surface area contributed by atoms with Gasteiger partial charge in [-0.2, -0.15) is 5.26 Å². The van der Waals surface area contributed by atoms with Gasteiger partial charge in [0.2, 0.25) is 0 Å². The van der Waals surface area contributed by atoms with Crippen molar-refractivity contribution in [2.24, 2.45) is 0 Å². The Kier molecular flexibility index (Phi) is 3.24. The number of rotatable bonds is 3. The predicted molar refractivity (Wildman–Crippen MR) is 63.7 cm³/mol. The van der Waals surface area contributed by atoms with Crippen LogP contribution in [0.3, 0.4) is 0 Å². The standard InChI is InChI=1S/C12H13N3O2/c13-8-9-5-6-11(7-12(9)15(16)17)14-10-3-1-2-4-10/h5-7,10,14H,1-4H2. The van der Waals surface area contributed by atoms with Crippen LogP contribution < -0.4 is 5.32 Å². The molecule has 1 aliphatic rings. The molecule has 0 atom stereocenters. The molecule has 0 aromatic heterocycles. The first-order valence-electron chi connectivity index (χ1n) is 5.66. The van der Waals surface area contributed by atoms with Crippen molar-refractivity contribution in [3.05, 3.63) is 33.9 Å². The van der Waals surface area contributed by atoms with E-state index in [9.17, 15) is 10.1 Å². The molecule has 5 heteroatoms. The van der Waals surface area contributed by atoms with Gasteiger partial charge in [-0.25, -0.2) is 0 Å². The number of hydrogen-bond acceptors (Lipinski definition) is 4. The summed E-state index contributed by atoms with van der Waals surface area (Å²) in [5.41, 5.74) is 0.699. The number of benzene rings is 1. The quantitative estimate of drug-likeness (QED) is 0.640. The highest BCUT2D eigenvalue weighted by atomic mass is 16.6. The summed E-state index contributed by atoms with van der Waals surface area (Å²) in [5, 5.41) is 22.8. The summed E-state index contributed by atoms with van der Waals surface area (Å²) >= 11 is 0. The Morgan fingerprint density at radius 2 is 2.12 bits per heavy atom. The molecular weight excluding hydrogens is 218 g/mol. The second-order valence-corrected chi connectivity index (χ2v) is 4.23. The zero-order chi connectivity index (χ0) is 12.3. The van der Waals surface area contributed by atoms with E-state index in [1.165, 1.54) is 25.0 Å². The Labute approximate surface area is 99.2 Å². The summed E-state index contributed by atoms with van der Waals surface area (Å²) in [7, 11) is 0. The summed E-state index contributed by atoms with van der Waals surface area (Å²) < 4.78 is 0. The second kappa shape index (κ2) is 4.83. The van der Waals surface area contributed by atoms with Crippen LogP contribution in [0.2, 0.25) is 0 Å². The van der Waals surface area contributed by atoms with Crippen molar-refractivity contribution in [3.63, 3.8) is 0 Å². The molecule has 1 N–H and O–H groups in total. The molecule has 0 amide bonds. The van der Waals surface area contributed by atoms with Crippen molar-refractivity contribution < 1.29 is 4.92 Å². The van der Waals surface area contributed by atoms with E-state index in [1.807, 2.05) is 6.07 Å². The maximum atomic E-state index is 10.8. The number of anilines is 1. The van der Waals surface area contributed by atoms with Gasteiger partial charge in [-0.15, -0.1) is 0 Å². The number of nitrogens with one attached hydrogen (secondary N) is 1. The lowest BCUT2D eigenvalue weighted by molar-refractivity contribution is -0.385. The van der Waals surface area contributed by atoms with E-state index in [-0.39, 0.29) is 11.3 Å². The second-order valence-electron chi connectivity index (χ2n) is 4.23. The molecule has 0 saturated heterocycles. The summed E-state index contributed by atoms with van der Waals surface area (Å²) in [5.74, 6) is 0. The number of nitro groups is 1. The molecule has 1 aliphatic carbocycles. The fraction of sp³-hybridized carbons (Fsp3) is 0.417. The average molecular weight is 231 g/mol. The van der Waals surface area contributed by atoms with Crippen LogP contribution in [0, 0.1) is 21.4 Å². The van der Waals surface area contributed by atoms with Crippen LogP contribution in [0.1, 0.15) is 31.2 Å². The van der Waals surface area contributed by atoms with Crippen LogP contribution in [-0.2, 0) is 0 Å². The predicted octanol–water partition coefficient (Wildman–Crippen LogP) is 2.82. The molecular formula is C12H13N3O2. The zero-order valence-corrected chi connectivity index (χ0v) is 9.35. The maximum absolute atomic E-state index is 10.8. The fourth-order valence-corrected chi connectivity index (χ4v) is 2.17. The molecule has 0 unspecified atom stereocenters. The molecule has 88 valence electrons. The highest BCUT2D eigenvalue weighted by Crippen LogP contribution is 2.26. The van der Waals surface area contributed by atoms with Crippen LogP contribution in [-0.4, -0.2) is 11.0 Å². The molecule has 17 heavy (non-hydrogen) atoms. The number of nitro benzene ring substituents is 1. The van der Waals surface area contributed by atoms with Gasteiger partial charge in [-0.05, 0) is 25.0 Å². The van der Waals surface area contributed by atoms with E-state index in [4.69, 9.17) is 5.26 Å². The zero-order valence-electron chi connectivity index (χ0n) is 9.35. The van der Waals surface area contributed by atoms with E-state index < -0.39 is 4.92 Å². The molecule has 1 aromatic carbocycles. The molecule has 0 radical (unpaired) electrons. The Balaban J connectivity index is 2.21. The van der Waals surface area contributed by atoms with E-state index in [1.54, 1.807) is 6.07 Å². The fourth-order valence-electron chi connectivity index (χ4n) is 2.17. The molecule has 1 saturated carbocycles. The Hall–Kier alpha value is -2.09. The highest BCUT2D eigenvalue weighted by molar-refractivity contribution is 5.59. The third-order valence-corrected chi connectivity index (χ3v) is 3.04. The van der Waals surface area contributed by atoms with Gasteiger partial charge in [-0.3, -0.25) is 10.1 Å². The summed E-state index contributed by atoms with van der Waals surface area (Å²) in [4.78, 5) is 10.3. The minimum atomic E-state index is -0.515. The van der Waals surface area contributed by atoms with Crippen molar-refractivity contribution in [1.82, 2.24) is 0 Å². The van der Waals surface area contributed by atoms with Gasteiger partial charge in [0.25, 0.3) is 5.69 Å². The van der Waals surface area contributed by atoms with Crippen molar-refractivity contribution in [3.8, 4) is 6.07 Å². The van der Waals surface area contributed by atoms with Crippen molar-refractivity contribution in [2.45, 2.75) is 31.7 Å². The van der Waals surface area contributed by atoms with Crippen LogP contribution in [0.25, 0.3) is 0 Å². The smallest absolute Gasteiger partial charge is 0.289 e. The monoisotopic (exact) mass is 231 g/mol. The molecule has 0 heterocycles. The average Bonchev–Trinajstić information content (AvgIpc) is 2.81. The van der Waals surface area contributed by atoms with Gasteiger partial charge >= 0.3 is 0 Å². The van der Waals surface area contributed by atoms with Crippen LogP contribution in [0.15, 0.2) is 18.2 Å². The molecule has 5 nitrogen and oxygen atoms in total. The summed E-state index contributed by atoms with van der Waals surface area (Å²) in [6.07, 6.45) is 4.62.